The zero-order valence-corrected chi connectivity index (χ0v) is 12.1. The van der Waals surface area contributed by atoms with Crippen molar-refractivity contribution in [3.63, 3.8) is 0 Å². The summed E-state index contributed by atoms with van der Waals surface area (Å²) in [5.74, 6) is 0.774. The number of amides is 1. The lowest BCUT2D eigenvalue weighted by molar-refractivity contribution is 0.179. The molecule has 0 aliphatic carbocycles. The summed E-state index contributed by atoms with van der Waals surface area (Å²) in [4.78, 5) is 13.8. The minimum Gasteiger partial charge on any atom is -0.497 e. The molecule has 1 saturated heterocycles. The van der Waals surface area contributed by atoms with Gasteiger partial charge in [-0.05, 0) is 36.8 Å². The largest absolute Gasteiger partial charge is 0.497 e. The maximum Gasteiger partial charge on any atom is 0.415 e. The average Bonchev–Trinajstić information content (AvgIpc) is 2.90. The average molecular weight is 283 g/mol. The highest BCUT2D eigenvalue weighted by molar-refractivity contribution is 5.90. The molecule has 2 aromatic carbocycles. The number of aryl methyl sites for hydroxylation is 1. The van der Waals surface area contributed by atoms with Crippen LogP contribution in [-0.4, -0.2) is 19.8 Å². The van der Waals surface area contributed by atoms with Gasteiger partial charge >= 0.3 is 6.09 Å². The summed E-state index contributed by atoms with van der Waals surface area (Å²) in [5, 5.41) is 0. The molecule has 1 unspecified atom stereocenters. The second-order valence-corrected chi connectivity index (χ2v) is 5.07. The Balaban J connectivity index is 1.97. The molecule has 1 amide bonds. The predicted octanol–water partition coefficient (Wildman–Crippen LogP) is 3.70. The van der Waals surface area contributed by atoms with E-state index >= 15 is 0 Å². The van der Waals surface area contributed by atoms with Gasteiger partial charge in [-0.15, -0.1) is 0 Å². The monoisotopic (exact) mass is 283 g/mol. The molecule has 108 valence electrons. The number of hydrogen-bond donors (Lipinski definition) is 0. The SMILES string of the molecule is COc1cccc(C2COC(=O)N2c2ccc(C)cc2)c1. The standard InChI is InChI=1S/C17H17NO3/c1-12-6-8-14(9-7-12)18-16(11-21-17(18)19)13-4-3-5-15(10-13)20-2/h3-10,16H,11H2,1-2H3. The zero-order chi connectivity index (χ0) is 14.8. The van der Waals surface area contributed by atoms with E-state index < -0.39 is 0 Å². The Labute approximate surface area is 123 Å². The maximum absolute atomic E-state index is 12.1. The van der Waals surface area contributed by atoms with Gasteiger partial charge in [-0.2, -0.15) is 0 Å². The van der Waals surface area contributed by atoms with Crippen LogP contribution in [0.1, 0.15) is 17.2 Å². The van der Waals surface area contributed by atoms with Crippen LogP contribution in [0.15, 0.2) is 48.5 Å². The first kappa shape index (κ1) is 13.5. The summed E-state index contributed by atoms with van der Waals surface area (Å²) in [6.07, 6.45) is -0.313. The van der Waals surface area contributed by atoms with Crippen LogP contribution in [0.25, 0.3) is 0 Å². The molecule has 4 heteroatoms. The molecule has 0 spiro atoms. The summed E-state index contributed by atoms with van der Waals surface area (Å²) in [6, 6.07) is 15.5. The third-order valence-electron chi connectivity index (χ3n) is 3.66. The molecule has 1 aliphatic heterocycles. The molecule has 1 heterocycles. The van der Waals surface area contributed by atoms with Crippen LogP contribution < -0.4 is 9.64 Å². The molecule has 4 nitrogen and oxygen atoms in total. The predicted molar refractivity (Wildman–Crippen MR) is 80.7 cm³/mol. The van der Waals surface area contributed by atoms with Crippen molar-refractivity contribution in [2.45, 2.75) is 13.0 Å². The van der Waals surface area contributed by atoms with Gasteiger partial charge in [0.15, 0.2) is 0 Å². The summed E-state index contributed by atoms with van der Waals surface area (Å²) < 4.78 is 10.5. The Morgan fingerprint density at radius 1 is 1.19 bits per heavy atom. The first-order valence-electron chi connectivity index (χ1n) is 6.85. The Kier molecular flexibility index (Phi) is 3.52. The highest BCUT2D eigenvalue weighted by Gasteiger charge is 2.35. The van der Waals surface area contributed by atoms with Crippen molar-refractivity contribution in [1.82, 2.24) is 0 Å². The van der Waals surface area contributed by atoms with Crippen molar-refractivity contribution in [2.24, 2.45) is 0 Å². The zero-order valence-electron chi connectivity index (χ0n) is 12.1. The molecule has 0 N–H and O–H groups in total. The Bertz CT molecular complexity index is 651. The molecule has 1 fully saturated rings. The van der Waals surface area contributed by atoms with Crippen molar-refractivity contribution in [1.29, 1.82) is 0 Å². The molecule has 1 aliphatic rings. The second kappa shape index (κ2) is 5.48. The van der Waals surface area contributed by atoms with Gasteiger partial charge in [-0.25, -0.2) is 4.79 Å². The smallest absolute Gasteiger partial charge is 0.415 e. The van der Waals surface area contributed by atoms with Gasteiger partial charge in [0.1, 0.15) is 12.4 Å². The van der Waals surface area contributed by atoms with E-state index in [0.717, 1.165) is 22.6 Å². The molecule has 0 radical (unpaired) electrons. The van der Waals surface area contributed by atoms with E-state index in [1.54, 1.807) is 12.0 Å². The van der Waals surface area contributed by atoms with Crippen LogP contribution in [0.4, 0.5) is 10.5 Å². The van der Waals surface area contributed by atoms with Gasteiger partial charge < -0.3 is 9.47 Å². The number of methoxy groups -OCH3 is 1. The first-order chi connectivity index (χ1) is 10.2. The van der Waals surface area contributed by atoms with Gasteiger partial charge in [0.05, 0.1) is 13.2 Å². The Hall–Kier alpha value is -2.49. The fourth-order valence-electron chi connectivity index (χ4n) is 2.51. The molecule has 0 bridgehead atoms. The third-order valence-corrected chi connectivity index (χ3v) is 3.66. The lowest BCUT2D eigenvalue weighted by Crippen LogP contribution is -2.27. The van der Waals surface area contributed by atoms with Gasteiger partial charge in [0.25, 0.3) is 0 Å². The van der Waals surface area contributed by atoms with Crippen molar-refractivity contribution in [3.05, 3.63) is 59.7 Å². The molecular formula is C17H17NO3. The lowest BCUT2D eigenvalue weighted by Gasteiger charge is -2.22. The second-order valence-electron chi connectivity index (χ2n) is 5.07. The summed E-state index contributed by atoms with van der Waals surface area (Å²) in [5.41, 5.74) is 3.00. The molecule has 2 aromatic rings. The summed E-state index contributed by atoms with van der Waals surface area (Å²) in [7, 11) is 1.63. The maximum atomic E-state index is 12.1. The van der Waals surface area contributed by atoms with Crippen LogP contribution in [0.3, 0.4) is 0 Å². The molecule has 21 heavy (non-hydrogen) atoms. The van der Waals surface area contributed by atoms with E-state index in [0.29, 0.717) is 6.61 Å². The van der Waals surface area contributed by atoms with Crippen LogP contribution in [0.5, 0.6) is 5.75 Å². The number of nitrogens with zero attached hydrogens (tertiary/aromatic N) is 1. The summed E-state index contributed by atoms with van der Waals surface area (Å²) >= 11 is 0. The molecular weight excluding hydrogens is 266 g/mol. The highest BCUT2D eigenvalue weighted by atomic mass is 16.6. The van der Waals surface area contributed by atoms with Crippen LogP contribution in [0, 0.1) is 6.92 Å². The molecule has 3 rings (SSSR count). The number of benzene rings is 2. The Morgan fingerprint density at radius 2 is 1.95 bits per heavy atom. The van der Waals surface area contributed by atoms with Crippen LogP contribution >= 0.6 is 0 Å². The minimum atomic E-state index is -0.313. The number of carbonyl (C=O) groups excluding carboxylic acids is 1. The number of carbonyl (C=O) groups is 1. The van der Waals surface area contributed by atoms with E-state index in [4.69, 9.17) is 9.47 Å². The fraction of sp³-hybridized carbons (Fsp3) is 0.235. The van der Waals surface area contributed by atoms with Gasteiger partial charge in [0, 0.05) is 5.69 Å². The van der Waals surface area contributed by atoms with E-state index in [-0.39, 0.29) is 12.1 Å². The van der Waals surface area contributed by atoms with E-state index in [1.807, 2.05) is 55.5 Å². The normalized spacial score (nSPS) is 17.7. The number of hydrogen-bond acceptors (Lipinski definition) is 3. The summed E-state index contributed by atoms with van der Waals surface area (Å²) in [6.45, 7) is 2.37. The molecule has 0 aromatic heterocycles. The number of cyclic esters (lactones) is 1. The van der Waals surface area contributed by atoms with E-state index in [2.05, 4.69) is 0 Å². The van der Waals surface area contributed by atoms with Crippen LogP contribution in [0.2, 0.25) is 0 Å². The topological polar surface area (TPSA) is 38.8 Å². The molecule has 0 saturated carbocycles. The number of ether oxygens (including phenoxy) is 2. The van der Waals surface area contributed by atoms with Crippen molar-refractivity contribution in [2.75, 3.05) is 18.6 Å². The first-order valence-corrected chi connectivity index (χ1v) is 6.85. The van der Waals surface area contributed by atoms with Gasteiger partial charge in [-0.1, -0.05) is 29.8 Å². The third kappa shape index (κ3) is 2.57. The van der Waals surface area contributed by atoms with E-state index in [9.17, 15) is 4.79 Å². The van der Waals surface area contributed by atoms with E-state index in [1.165, 1.54) is 0 Å². The lowest BCUT2D eigenvalue weighted by atomic mass is 10.1. The Morgan fingerprint density at radius 3 is 2.67 bits per heavy atom. The van der Waals surface area contributed by atoms with Crippen LogP contribution in [-0.2, 0) is 4.74 Å². The quantitative estimate of drug-likeness (QED) is 0.862. The number of rotatable bonds is 3. The van der Waals surface area contributed by atoms with Crippen molar-refractivity contribution < 1.29 is 14.3 Å². The van der Waals surface area contributed by atoms with Crippen molar-refractivity contribution in [3.8, 4) is 5.75 Å². The van der Waals surface area contributed by atoms with Gasteiger partial charge in [0.2, 0.25) is 0 Å². The number of anilines is 1. The fourth-order valence-corrected chi connectivity index (χ4v) is 2.51. The highest BCUT2D eigenvalue weighted by Crippen LogP contribution is 2.34. The minimum absolute atomic E-state index is 0.129. The van der Waals surface area contributed by atoms with Crippen molar-refractivity contribution >= 4 is 11.8 Å². The van der Waals surface area contributed by atoms with Gasteiger partial charge in [-0.3, -0.25) is 4.90 Å². The molecule has 1 atom stereocenters.